The van der Waals surface area contributed by atoms with E-state index < -0.39 is 0 Å². The van der Waals surface area contributed by atoms with Gasteiger partial charge in [0.15, 0.2) is 0 Å². The summed E-state index contributed by atoms with van der Waals surface area (Å²) in [6, 6.07) is 7.44. The molecule has 0 amide bonds. The van der Waals surface area contributed by atoms with Gasteiger partial charge in [0.05, 0.1) is 20.7 Å². The monoisotopic (exact) mass is 239 g/mol. The number of halogens is 1. The summed E-state index contributed by atoms with van der Waals surface area (Å²) in [5.41, 5.74) is 7.20. The minimum absolute atomic E-state index is 0.699. The van der Waals surface area contributed by atoms with E-state index in [1.54, 1.807) is 0 Å². The summed E-state index contributed by atoms with van der Waals surface area (Å²) in [5.74, 6) is 0.778. The van der Waals surface area contributed by atoms with Crippen LogP contribution in [0.4, 0.5) is 16.5 Å². The van der Waals surface area contributed by atoms with Gasteiger partial charge in [-0.2, -0.15) is 0 Å². The Morgan fingerprint density at radius 1 is 1.33 bits per heavy atom. The van der Waals surface area contributed by atoms with Crippen molar-refractivity contribution in [2.24, 2.45) is 0 Å². The highest BCUT2D eigenvalue weighted by Crippen LogP contribution is 2.28. The van der Waals surface area contributed by atoms with E-state index in [1.807, 2.05) is 31.2 Å². The van der Waals surface area contributed by atoms with Crippen LogP contribution in [0.25, 0.3) is 0 Å². The summed E-state index contributed by atoms with van der Waals surface area (Å²) in [6.07, 6.45) is 0. The predicted molar refractivity (Wildman–Crippen MR) is 66.0 cm³/mol. The molecular formula is C10H10ClN3S. The molecule has 3 N–H and O–H groups in total. The molecule has 0 aliphatic heterocycles. The van der Waals surface area contributed by atoms with E-state index in [0.717, 1.165) is 20.8 Å². The fourth-order valence-corrected chi connectivity index (χ4v) is 2.10. The zero-order valence-corrected chi connectivity index (χ0v) is 9.69. The maximum Gasteiger partial charge on any atom is 0.131 e. The van der Waals surface area contributed by atoms with Gasteiger partial charge < -0.3 is 11.1 Å². The lowest BCUT2D eigenvalue weighted by Gasteiger charge is -2.04. The SMILES string of the molecule is Cc1nc(Nc2ccc(Cl)s2)ccc1N. The van der Waals surface area contributed by atoms with Crippen molar-refractivity contribution >= 4 is 39.4 Å². The average Bonchev–Trinajstić information content (AvgIpc) is 2.58. The molecule has 0 aromatic carbocycles. The zero-order chi connectivity index (χ0) is 10.8. The molecule has 0 aliphatic carbocycles. The van der Waals surface area contributed by atoms with Crippen LogP contribution in [0.2, 0.25) is 4.34 Å². The minimum Gasteiger partial charge on any atom is -0.397 e. The number of thiophene rings is 1. The van der Waals surface area contributed by atoms with Gasteiger partial charge in [-0.05, 0) is 31.2 Å². The lowest BCUT2D eigenvalue weighted by atomic mass is 10.3. The van der Waals surface area contributed by atoms with Crippen LogP contribution in [-0.2, 0) is 0 Å². The number of aromatic nitrogens is 1. The smallest absolute Gasteiger partial charge is 0.131 e. The van der Waals surface area contributed by atoms with Crippen molar-refractivity contribution in [2.45, 2.75) is 6.92 Å². The molecule has 0 atom stereocenters. The molecule has 0 aliphatic rings. The minimum atomic E-state index is 0.699. The summed E-state index contributed by atoms with van der Waals surface area (Å²) < 4.78 is 0.754. The van der Waals surface area contributed by atoms with Gasteiger partial charge >= 0.3 is 0 Å². The molecule has 0 spiro atoms. The number of nitrogens with zero attached hydrogens (tertiary/aromatic N) is 1. The molecule has 2 heterocycles. The summed E-state index contributed by atoms with van der Waals surface area (Å²) >= 11 is 7.30. The van der Waals surface area contributed by atoms with Crippen LogP contribution in [0.15, 0.2) is 24.3 Å². The zero-order valence-electron chi connectivity index (χ0n) is 8.12. The first-order valence-corrected chi connectivity index (χ1v) is 5.60. The van der Waals surface area contributed by atoms with Gasteiger partial charge in [-0.3, -0.25) is 0 Å². The number of nitrogen functional groups attached to an aromatic ring is 1. The van der Waals surface area contributed by atoms with Gasteiger partial charge in [0, 0.05) is 0 Å². The molecule has 0 saturated carbocycles. The Labute approximate surface area is 96.9 Å². The fraction of sp³-hybridized carbons (Fsp3) is 0.100. The molecule has 3 nitrogen and oxygen atoms in total. The number of rotatable bonds is 2. The molecule has 5 heteroatoms. The quantitative estimate of drug-likeness (QED) is 0.844. The Hall–Kier alpha value is -1.26. The molecule has 0 bridgehead atoms. The topological polar surface area (TPSA) is 50.9 Å². The first-order chi connectivity index (χ1) is 7.15. The molecule has 2 aromatic heterocycles. The van der Waals surface area contributed by atoms with E-state index >= 15 is 0 Å². The average molecular weight is 240 g/mol. The second-order valence-corrected chi connectivity index (χ2v) is 4.81. The molecule has 0 saturated heterocycles. The number of pyridine rings is 1. The lowest BCUT2D eigenvalue weighted by molar-refractivity contribution is 1.21. The van der Waals surface area contributed by atoms with Gasteiger partial charge in [-0.1, -0.05) is 11.6 Å². The molecule has 0 unspecified atom stereocenters. The Kier molecular flexibility index (Phi) is 2.79. The number of hydrogen-bond donors (Lipinski definition) is 2. The lowest BCUT2D eigenvalue weighted by Crippen LogP contribution is -1.96. The largest absolute Gasteiger partial charge is 0.397 e. The van der Waals surface area contributed by atoms with Crippen LogP contribution < -0.4 is 11.1 Å². The molecule has 0 fully saturated rings. The van der Waals surface area contributed by atoms with Gasteiger partial charge in [0.2, 0.25) is 0 Å². The highest BCUT2D eigenvalue weighted by atomic mass is 35.5. The highest BCUT2D eigenvalue weighted by Gasteiger charge is 2.01. The number of nitrogens with two attached hydrogens (primary N) is 1. The van der Waals surface area contributed by atoms with E-state index in [2.05, 4.69) is 10.3 Å². The summed E-state index contributed by atoms with van der Waals surface area (Å²) in [4.78, 5) is 4.30. The van der Waals surface area contributed by atoms with Crippen LogP contribution in [0.1, 0.15) is 5.69 Å². The molecular weight excluding hydrogens is 230 g/mol. The van der Waals surface area contributed by atoms with E-state index in [1.165, 1.54) is 11.3 Å². The molecule has 78 valence electrons. The summed E-state index contributed by atoms with van der Waals surface area (Å²) in [7, 11) is 0. The van der Waals surface area contributed by atoms with Crippen LogP contribution in [0, 0.1) is 6.92 Å². The second kappa shape index (κ2) is 4.08. The third-order valence-electron chi connectivity index (χ3n) is 1.95. The molecule has 0 radical (unpaired) electrons. The van der Waals surface area contributed by atoms with Crippen molar-refractivity contribution in [3.63, 3.8) is 0 Å². The van der Waals surface area contributed by atoms with E-state index in [4.69, 9.17) is 17.3 Å². The van der Waals surface area contributed by atoms with Gasteiger partial charge in [-0.25, -0.2) is 4.98 Å². The summed E-state index contributed by atoms with van der Waals surface area (Å²) in [6.45, 7) is 1.88. The fourth-order valence-electron chi connectivity index (χ4n) is 1.15. The third kappa shape index (κ3) is 2.40. The van der Waals surface area contributed by atoms with Crippen molar-refractivity contribution < 1.29 is 0 Å². The van der Waals surface area contributed by atoms with E-state index in [-0.39, 0.29) is 0 Å². The number of anilines is 3. The number of aryl methyl sites for hydroxylation is 1. The van der Waals surface area contributed by atoms with Crippen LogP contribution in [0.3, 0.4) is 0 Å². The maximum atomic E-state index is 5.82. The number of hydrogen-bond acceptors (Lipinski definition) is 4. The van der Waals surface area contributed by atoms with Crippen LogP contribution in [-0.4, -0.2) is 4.98 Å². The molecule has 2 aromatic rings. The molecule has 15 heavy (non-hydrogen) atoms. The third-order valence-corrected chi connectivity index (χ3v) is 3.10. The van der Waals surface area contributed by atoms with Gasteiger partial charge in [0.1, 0.15) is 5.82 Å². The van der Waals surface area contributed by atoms with Gasteiger partial charge in [-0.15, -0.1) is 11.3 Å². The molecule has 2 rings (SSSR count). The van der Waals surface area contributed by atoms with E-state index in [9.17, 15) is 0 Å². The Morgan fingerprint density at radius 3 is 2.73 bits per heavy atom. The Balaban J connectivity index is 2.21. The number of nitrogens with one attached hydrogen (secondary N) is 1. The normalized spacial score (nSPS) is 10.3. The van der Waals surface area contributed by atoms with Crippen molar-refractivity contribution in [3.05, 3.63) is 34.3 Å². The summed E-state index contributed by atoms with van der Waals surface area (Å²) in [5, 5.41) is 4.13. The van der Waals surface area contributed by atoms with E-state index in [0.29, 0.717) is 5.69 Å². The predicted octanol–water partition coefficient (Wildman–Crippen LogP) is 3.43. The van der Waals surface area contributed by atoms with Crippen LogP contribution in [0.5, 0.6) is 0 Å². The standard InChI is InChI=1S/C10H10ClN3S/c1-6-7(12)2-4-9(13-6)14-10-5-3-8(11)15-10/h2-5H,12H2,1H3,(H,13,14). The Bertz CT molecular complexity index is 481. The highest BCUT2D eigenvalue weighted by molar-refractivity contribution is 7.19. The Morgan fingerprint density at radius 2 is 2.13 bits per heavy atom. The van der Waals surface area contributed by atoms with Crippen molar-refractivity contribution in [3.8, 4) is 0 Å². The van der Waals surface area contributed by atoms with Crippen molar-refractivity contribution in [1.82, 2.24) is 4.98 Å². The first-order valence-electron chi connectivity index (χ1n) is 4.40. The first kappa shape index (κ1) is 10.3. The van der Waals surface area contributed by atoms with Crippen LogP contribution >= 0.6 is 22.9 Å². The van der Waals surface area contributed by atoms with Gasteiger partial charge in [0.25, 0.3) is 0 Å². The van der Waals surface area contributed by atoms with Crippen molar-refractivity contribution in [1.29, 1.82) is 0 Å². The maximum absolute atomic E-state index is 5.82. The second-order valence-electron chi connectivity index (χ2n) is 3.10. The van der Waals surface area contributed by atoms with Crippen molar-refractivity contribution in [2.75, 3.05) is 11.1 Å².